The molecule has 1 aromatic carbocycles. The van der Waals surface area contributed by atoms with Crippen LogP contribution in [0.4, 0.5) is 0 Å². The third-order valence-corrected chi connectivity index (χ3v) is 3.45. The molecule has 0 aliphatic rings. The predicted octanol–water partition coefficient (Wildman–Crippen LogP) is 3.86. The van der Waals surface area contributed by atoms with Crippen molar-refractivity contribution in [1.29, 1.82) is 0 Å². The van der Waals surface area contributed by atoms with Crippen LogP contribution in [0, 0.1) is 13.8 Å². The molecule has 0 saturated carbocycles. The Hall–Kier alpha value is -2.89. The molecule has 23 heavy (non-hydrogen) atoms. The van der Waals surface area contributed by atoms with Gasteiger partial charge in [0.1, 0.15) is 11.3 Å². The van der Waals surface area contributed by atoms with E-state index in [1.165, 1.54) is 6.26 Å². The molecule has 3 aromatic rings. The summed E-state index contributed by atoms with van der Waals surface area (Å²) in [7, 11) is 0. The monoisotopic (exact) mass is 312 g/mol. The zero-order valence-electron chi connectivity index (χ0n) is 13.1. The molecule has 0 N–H and O–H groups in total. The Balaban J connectivity index is 1.73. The summed E-state index contributed by atoms with van der Waals surface area (Å²) in [5, 5.41) is 7.95. The fraction of sp³-hybridized carbons (Fsp3) is 0.235. The number of carbonyl (C=O) groups is 1. The van der Waals surface area contributed by atoms with E-state index >= 15 is 0 Å². The van der Waals surface area contributed by atoms with E-state index < -0.39 is 12.1 Å². The molecule has 6 nitrogen and oxygen atoms in total. The van der Waals surface area contributed by atoms with Gasteiger partial charge in [-0.3, -0.25) is 0 Å². The van der Waals surface area contributed by atoms with Crippen molar-refractivity contribution in [2.24, 2.45) is 0 Å². The molecule has 118 valence electrons. The van der Waals surface area contributed by atoms with Gasteiger partial charge in [-0.05, 0) is 39.0 Å². The molecule has 2 heterocycles. The van der Waals surface area contributed by atoms with Gasteiger partial charge in [-0.1, -0.05) is 17.7 Å². The second-order valence-corrected chi connectivity index (χ2v) is 5.25. The third kappa shape index (κ3) is 3.15. The van der Waals surface area contributed by atoms with Crippen LogP contribution in [0.3, 0.4) is 0 Å². The second-order valence-electron chi connectivity index (χ2n) is 5.25. The van der Waals surface area contributed by atoms with E-state index in [2.05, 4.69) is 10.2 Å². The Bertz CT molecular complexity index is 817. The first-order chi connectivity index (χ1) is 11.0. The zero-order valence-corrected chi connectivity index (χ0v) is 13.1. The second kappa shape index (κ2) is 6.08. The number of aromatic nitrogens is 2. The fourth-order valence-electron chi connectivity index (χ4n) is 2.08. The van der Waals surface area contributed by atoms with Crippen LogP contribution < -0.4 is 0 Å². The number of benzene rings is 1. The number of aryl methyl sites for hydroxylation is 2. The molecular weight excluding hydrogens is 296 g/mol. The van der Waals surface area contributed by atoms with Crippen LogP contribution in [0.15, 0.2) is 45.4 Å². The Labute approximate surface area is 133 Å². The van der Waals surface area contributed by atoms with Crippen LogP contribution >= 0.6 is 0 Å². The molecule has 0 spiro atoms. The molecule has 6 heteroatoms. The average molecular weight is 312 g/mol. The third-order valence-electron chi connectivity index (χ3n) is 3.45. The van der Waals surface area contributed by atoms with Crippen molar-refractivity contribution in [1.82, 2.24) is 10.2 Å². The standard InChI is InChI=1S/C17H16N2O4/c1-10-4-6-13(7-5-10)16-19-18-15(23-16)12(3)22-17(20)14-8-9-21-11(14)2/h4-9,12H,1-3H3/t12-/m0/s1. The number of rotatable bonds is 4. The van der Waals surface area contributed by atoms with Gasteiger partial charge < -0.3 is 13.6 Å². The number of esters is 1. The lowest BCUT2D eigenvalue weighted by Crippen LogP contribution is -2.09. The van der Waals surface area contributed by atoms with Gasteiger partial charge in [0.05, 0.1) is 6.26 Å². The summed E-state index contributed by atoms with van der Waals surface area (Å²) in [6.45, 7) is 5.38. The topological polar surface area (TPSA) is 78.4 Å². The Morgan fingerprint density at radius 2 is 1.87 bits per heavy atom. The van der Waals surface area contributed by atoms with Gasteiger partial charge in [-0.2, -0.15) is 0 Å². The van der Waals surface area contributed by atoms with E-state index in [1.54, 1.807) is 19.9 Å². The van der Waals surface area contributed by atoms with Gasteiger partial charge in [-0.15, -0.1) is 10.2 Å². The van der Waals surface area contributed by atoms with Crippen LogP contribution in [-0.4, -0.2) is 16.2 Å². The van der Waals surface area contributed by atoms with Crippen molar-refractivity contribution in [3.05, 3.63) is 59.4 Å². The molecule has 0 aliphatic heterocycles. The largest absolute Gasteiger partial charge is 0.469 e. The van der Waals surface area contributed by atoms with Crippen LogP contribution in [0.1, 0.15) is 40.6 Å². The van der Waals surface area contributed by atoms with Crippen LogP contribution in [0.2, 0.25) is 0 Å². The maximum Gasteiger partial charge on any atom is 0.342 e. The highest BCUT2D eigenvalue weighted by Crippen LogP contribution is 2.24. The molecule has 0 bridgehead atoms. The Morgan fingerprint density at radius 1 is 1.13 bits per heavy atom. The van der Waals surface area contributed by atoms with Gasteiger partial charge >= 0.3 is 5.97 Å². The quantitative estimate of drug-likeness (QED) is 0.681. The molecule has 0 amide bonds. The van der Waals surface area contributed by atoms with E-state index in [9.17, 15) is 4.79 Å². The van der Waals surface area contributed by atoms with E-state index in [0.29, 0.717) is 17.2 Å². The summed E-state index contributed by atoms with van der Waals surface area (Å²) in [4.78, 5) is 12.1. The maximum absolute atomic E-state index is 12.1. The van der Waals surface area contributed by atoms with Crippen molar-refractivity contribution in [2.75, 3.05) is 0 Å². The molecule has 0 unspecified atom stereocenters. The minimum Gasteiger partial charge on any atom is -0.469 e. The summed E-state index contributed by atoms with van der Waals surface area (Å²) in [6, 6.07) is 9.29. The zero-order chi connectivity index (χ0) is 16.4. The molecule has 0 saturated heterocycles. The molecule has 2 aromatic heterocycles. The summed E-state index contributed by atoms with van der Waals surface area (Å²) in [5.41, 5.74) is 2.35. The van der Waals surface area contributed by atoms with Crippen molar-refractivity contribution in [3.8, 4) is 11.5 Å². The van der Waals surface area contributed by atoms with Gasteiger partial charge in [-0.25, -0.2) is 4.79 Å². The predicted molar refractivity (Wildman–Crippen MR) is 81.7 cm³/mol. The molecule has 1 atom stereocenters. The minimum atomic E-state index is -0.650. The van der Waals surface area contributed by atoms with Gasteiger partial charge in [0.2, 0.25) is 5.89 Å². The molecule has 0 radical (unpaired) electrons. The molecule has 3 rings (SSSR count). The summed E-state index contributed by atoms with van der Waals surface area (Å²) in [5.74, 6) is 0.657. The highest BCUT2D eigenvalue weighted by Gasteiger charge is 2.21. The first-order valence-corrected chi connectivity index (χ1v) is 7.20. The van der Waals surface area contributed by atoms with Crippen LogP contribution in [0.25, 0.3) is 11.5 Å². The number of nitrogens with zero attached hydrogens (tertiary/aromatic N) is 2. The molecule has 0 fully saturated rings. The molecular formula is C17H16N2O4. The lowest BCUT2D eigenvalue weighted by Gasteiger charge is -2.08. The van der Waals surface area contributed by atoms with Crippen LogP contribution in [-0.2, 0) is 4.74 Å². The summed E-state index contributed by atoms with van der Waals surface area (Å²) < 4.78 is 16.0. The van der Waals surface area contributed by atoms with Crippen molar-refractivity contribution in [2.45, 2.75) is 26.9 Å². The molecule has 0 aliphatic carbocycles. The van der Waals surface area contributed by atoms with E-state index in [-0.39, 0.29) is 5.89 Å². The minimum absolute atomic E-state index is 0.245. The van der Waals surface area contributed by atoms with Crippen molar-refractivity contribution >= 4 is 5.97 Å². The maximum atomic E-state index is 12.1. The van der Waals surface area contributed by atoms with Gasteiger partial charge in [0.25, 0.3) is 5.89 Å². The van der Waals surface area contributed by atoms with Gasteiger partial charge in [0.15, 0.2) is 6.10 Å². The highest BCUT2D eigenvalue weighted by atomic mass is 16.6. The first-order valence-electron chi connectivity index (χ1n) is 7.20. The van der Waals surface area contributed by atoms with E-state index in [1.807, 2.05) is 31.2 Å². The summed E-state index contributed by atoms with van der Waals surface area (Å²) in [6.07, 6.45) is 0.794. The SMILES string of the molecule is Cc1ccc(-c2nnc([C@H](C)OC(=O)c3ccoc3C)o2)cc1. The lowest BCUT2D eigenvalue weighted by molar-refractivity contribution is 0.0278. The smallest absolute Gasteiger partial charge is 0.342 e. The number of hydrogen-bond acceptors (Lipinski definition) is 6. The average Bonchev–Trinajstić information content (AvgIpc) is 3.17. The van der Waals surface area contributed by atoms with Crippen LogP contribution in [0.5, 0.6) is 0 Å². The lowest BCUT2D eigenvalue weighted by atomic mass is 10.1. The number of hydrogen-bond donors (Lipinski definition) is 0. The Morgan fingerprint density at radius 3 is 2.52 bits per heavy atom. The highest BCUT2D eigenvalue weighted by molar-refractivity contribution is 5.90. The van der Waals surface area contributed by atoms with E-state index in [0.717, 1.165) is 11.1 Å². The van der Waals surface area contributed by atoms with Crippen molar-refractivity contribution < 1.29 is 18.4 Å². The number of ether oxygens (including phenoxy) is 1. The van der Waals surface area contributed by atoms with Gasteiger partial charge in [0, 0.05) is 5.56 Å². The number of carbonyl (C=O) groups excluding carboxylic acids is 1. The summed E-state index contributed by atoms with van der Waals surface area (Å²) >= 11 is 0. The number of furan rings is 1. The first kappa shape index (κ1) is 15.0. The normalized spacial score (nSPS) is 12.1. The Kier molecular flexibility index (Phi) is 3.97. The van der Waals surface area contributed by atoms with Crippen molar-refractivity contribution in [3.63, 3.8) is 0 Å². The van der Waals surface area contributed by atoms with E-state index in [4.69, 9.17) is 13.6 Å². The fourth-order valence-corrected chi connectivity index (χ4v) is 2.08.